The Bertz CT molecular complexity index is 1250. The van der Waals surface area contributed by atoms with E-state index >= 15 is 4.39 Å². The molecule has 10 heteroatoms. The summed E-state index contributed by atoms with van der Waals surface area (Å²) >= 11 is 0. The number of carbonyl (C=O) groups excluding carboxylic acids is 1. The number of nitrogens with two attached hydrogens (primary N) is 1. The highest BCUT2D eigenvalue weighted by Crippen LogP contribution is 2.33. The third-order valence-electron chi connectivity index (χ3n) is 5.94. The van der Waals surface area contributed by atoms with Gasteiger partial charge in [-0.25, -0.2) is 13.8 Å². The van der Waals surface area contributed by atoms with E-state index in [-0.39, 0.29) is 22.6 Å². The highest BCUT2D eigenvalue weighted by atomic mass is 19.1. The van der Waals surface area contributed by atoms with Crippen LogP contribution in [-0.2, 0) is 0 Å². The van der Waals surface area contributed by atoms with Gasteiger partial charge in [-0.1, -0.05) is 0 Å². The minimum atomic E-state index is -0.773. The number of likely N-dealkylation sites (N-methyl/N-ethyl adjacent to an activating group) is 1. The van der Waals surface area contributed by atoms with Crippen LogP contribution in [0.3, 0.4) is 0 Å². The smallest absolute Gasteiger partial charge is 0.260 e. The lowest BCUT2D eigenvalue weighted by atomic mass is 10.0. The minimum absolute atomic E-state index is 0.0126. The number of nitrogen functional groups attached to an aromatic ring is 1. The third kappa shape index (κ3) is 4.25. The lowest BCUT2D eigenvalue weighted by molar-refractivity contribution is 0.102. The van der Waals surface area contributed by atoms with E-state index in [1.807, 2.05) is 19.0 Å². The summed E-state index contributed by atoms with van der Waals surface area (Å²) in [5, 5.41) is 2.55. The third-order valence-corrected chi connectivity index (χ3v) is 5.94. The summed E-state index contributed by atoms with van der Waals surface area (Å²) in [5.41, 5.74) is 7.98. The Kier molecular flexibility index (Phi) is 6.03. The van der Waals surface area contributed by atoms with Crippen molar-refractivity contribution in [3.63, 3.8) is 0 Å². The van der Waals surface area contributed by atoms with Crippen LogP contribution in [-0.4, -0.2) is 66.7 Å². The molecule has 3 N–H and O–H groups in total. The normalized spacial score (nSPS) is 16.5. The summed E-state index contributed by atoms with van der Waals surface area (Å²) in [4.78, 5) is 25.3. The van der Waals surface area contributed by atoms with Crippen molar-refractivity contribution in [1.29, 1.82) is 0 Å². The number of rotatable bonds is 5. The summed E-state index contributed by atoms with van der Waals surface area (Å²) in [7, 11) is 5.61. The Morgan fingerprint density at radius 3 is 2.73 bits per heavy atom. The monoisotopic (exact) mass is 455 g/mol. The van der Waals surface area contributed by atoms with Gasteiger partial charge in [0.25, 0.3) is 5.91 Å². The number of hydrogen-bond acceptors (Lipinski definition) is 6. The van der Waals surface area contributed by atoms with E-state index in [2.05, 4.69) is 20.2 Å². The quantitative estimate of drug-likeness (QED) is 0.456. The molecule has 1 amide bonds. The van der Waals surface area contributed by atoms with Crippen molar-refractivity contribution in [3.05, 3.63) is 53.0 Å². The number of halogens is 2. The zero-order valence-electron chi connectivity index (χ0n) is 19.1. The topological polar surface area (TPSA) is 91.3 Å². The molecule has 3 heterocycles. The van der Waals surface area contributed by atoms with Crippen molar-refractivity contribution in [2.45, 2.75) is 19.4 Å². The number of hydrogen-bond donors (Lipinski definition) is 2. The number of nitrogens with one attached hydrogen (secondary N) is 1. The second kappa shape index (κ2) is 8.78. The SMILES string of the molecule is CN=Cc1c(N2CC[C@@H](N(C)C)C2)cc(F)c(C(=O)Nc2cc(F)c3nc(C)cn3c2)c1N. The summed E-state index contributed by atoms with van der Waals surface area (Å²) in [5.74, 6) is -2.12. The number of carbonyl (C=O) groups is 1. The Labute approximate surface area is 190 Å². The predicted molar refractivity (Wildman–Crippen MR) is 126 cm³/mol. The fourth-order valence-electron chi connectivity index (χ4n) is 4.25. The van der Waals surface area contributed by atoms with Crippen LogP contribution in [0.2, 0.25) is 0 Å². The Hall–Kier alpha value is -3.53. The maximum Gasteiger partial charge on any atom is 0.260 e. The molecule has 1 saturated heterocycles. The molecule has 0 aliphatic carbocycles. The second-order valence-corrected chi connectivity index (χ2v) is 8.46. The summed E-state index contributed by atoms with van der Waals surface area (Å²) in [6.45, 7) is 3.19. The minimum Gasteiger partial charge on any atom is -0.397 e. The first-order valence-electron chi connectivity index (χ1n) is 10.6. The molecule has 1 atom stereocenters. The molecular weight excluding hydrogens is 428 g/mol. The standard InChI is InChI=1S/C23H27F2N7O/c1-13-10-32-11-14(7-18(25)22(32)28-13)29-23(33)20-17(24)8-19(16(9-27-2)21(20)26)31-6-5-15(12-31)30(3)4/h7-11,15H,5-6,12,26H2,1-4H3,(H,29,33)/t15-/m1/s1. The fourth-order valence-corrected chi connectivity index (χ4v) is 4.25. The van der Waals surface area contributed by atoms with Crippen LogP contribution in [0.25, 0.3) is 5.65 Å². The number of fused-ring (bicyclic) bond motifs is 1. The second-order valence-electron chi connectivity index (χ2n) is 8.46. The molecule has 0 spiro atoms. The van der Waals surface area contributed by atoms with Crippen LogP contribution in [0.4, 0.5) is 25.8 Å². The highest BCUT2D eigenvalue weighted by molar-refractivity contribution is 6.11. The van der Waals surface area contributed by atoms with Gasteiger partial charge in [-0.05, 0) is 33.5 Å². The van der Waals surface area contributed by atoms with E-state index in [1.54, 1.807) is 20.2 Å². The van der Waals surface area contributed by atoms with Gasteiger partial charge in [0, 0.05) is 56.4 Å². The molecule has 8 nitrogen and oxygen atoms in total. The van der Waals surface area contributed by atoms with Crippen molar-refractivity contribution in [2.24, 2.45) is 4.99 Å². The lowest BCUT2D eigenvalue weighted by Crippen LogP contribution is -2.32. The van der Waals surface area contributed by atoms with Gasteiger partial charge < -0.3 is 25.3 Å². The Morgan fingerprint density at radius 1 is 1.30 bits per heavy atom. The first kappa shape index (κ1) is 22.7. The molecule has 33 heavy (non-hydrogen) atoms. The van der Waals surface area contributed by atoms with Gasteiger partial charge in [0.15, 0.2) is 11.5 Å². The number of imidazole rings is 1. The molecular formula is C23H27F2N7O. The van der Waals surface area contributed by atoms with Gasteiger partial charge in [0.2, 0.25) is 0 Å². The van der Waals surface area contributed by atoms with E-state index in [0.29, 0.717) is 29.5 Å². The predicted octanol–water partition coefficient (Wildman–Crippen LogP) is 2.94. The number of benzene rings is 1. The number of amides is 1. The van der Waals surface area contributed by atoms with Crippen LogP contribution in [0.15, 0.2) is 29.5 Å². The van der Waals surface area contributed by atoms with Gasteiger partial charge >= 0.3 is 0 Å². The lowest BCUT2D eigenvalue weighted by Gasteiger charge is -2.25. The van der Waals surface area contributed by atoms with Crippen molar-refractivity contribution in [2.75, 3.05) is 50.2 Å². The Morgan fingerprint density at radius 2 is 2.06 bits per heavy atom. The largest absolute Gasteiger partial charge is 0.397 e. The number of aromatic nitrogens is 2. The number of anilines is 3. The van der Waals surface area contributed by atoms with E-state index in [1.165, 1.54) is 22.9 Å². The number of aryl methyl sites for hydroxylation is 1. The zero-order valence-corrected chi connectivity index (χ0v) is 19.1. The van der Waals surface area contributed by atoms with Crippen LogP contribution < -0.4 is 16.0 Å². The fraction of sp³-hybridized carbons (Fsp3) is 0.348. The van der Waals surface area contributed by atoms with E-state index in [0.717, 1.165) is 19.0 Å². The molecule has 3 aromatic rings. The van der Waals surface area contributed by atoms with Crippen molar-refractivity contribution in [1.82, 2.24) is 14.3 Å². The molecule has 0 bridgehead atoms. The maximum atomic E-state index is 15.2. The van der Waals surface area contributed by atoms with Gasteiger partial charge in [-0.15, -0.1) is 0 Å². The van der Waals surface area contributed by atoms with Gasteiger partial charge in [0.05, 0.1) is 28.3 Å². The average molecular weight is 456 g/mol. The number of aliphatic imine (C=N–C) groups is 1. The van der Waals surface area contributed by atoms with E-state index < -0.39 is 17.5 Å². The molecule has 2 aromatic heterocycles. The summed E-state index contributed by atoms with van der Waals surface area (Å²) in [6.07, 6.45) is 5.61. The first-order chi connectivity index (χ1) is 15.7. The van der Waals surface area contributed by atoms with E-state index in [9.17, 15) is 9.18 Å². The van der Waals surface area contributed by atoms with Gasteiger partial charge in [-0.3, -0.25) is 9.79 Å². The highest BCUT2D eigenvalue weighted by Gasteiger charge is 2.29. The number of nitrogens with zero attached hydrogens (tertiary/aromatic N) is 5. The summed E-state index contributed by atoms with van der Waals surface area (Å²) < 4.78 is 31.1. The maximum absolute atomic E-state index is 15.2. The molecule has 4 rings (SSSR count). The van der Waals surface area contributed by atoms with Crippen LogP contribution >= 0.6 is 0 Å². The Balaban J connectivity index is 1.69. The van der Waals surface area contributed by atoms with Gasteiger partial charge in [-0.2, -0.15) is 0 Å². The number of pyridine rings is 1. The van der Waals surface area contributed by atoms with Crippen molar-refractivity contribution >= 4 is 34.8 Å². The molecule has 1 aliphatic rings. The van der Waals surface area contributed by atoms with Crippen molar-refractivity contribution < 1.29 is 13.6 Å². The van der Waals surface area contributed by atoms with Crippen molar-refractivity contribution in [3.8, 4) is 0 Å². The molecule has 0 radical (unpaired) electrons. The molecule has 1 fully saturated rings. The van der Waals surface area contributed by atoms with Gasteiger partial charge in [0.1, 0.15) is 5.82 Å². The molecule has 1 aromatic carbocycles. The summed E-state index contributed by atoms with van der Waals surface area (Å²) in [6, 6.07) is 2.80. The molecule has 1 aliphatic heterocycles. The molecule has 0 saturated carbocycles. The van der Waals surface area contributed by atoms with Crippen LogP contribution in [0.5, 0.6) is 0 Å². The van der Waals surface area contributed by atoms with E-state index in [4.69, 9.17) is 5.73 Å². The van der Waals surface area contributed by atoms with Crippen LogP contribution in [0.1, 0.15) is 28.0 Å². The zero-order chi connectivity index (χ0) is 23.9. The molecule has 174 valence electrons. The first-order valence-corrected chi connectivity index (χ1v) is 10.6. The molecule has 0 unspecified atom stereocenters. The average Bonchev–Trinajstić information content (AvgIpc) is 3.37. The van der Waals surface area contributed by atoms with Crippen LogP contribution in [0, 0.1) is 18.6 Å².